The Morgan fingerprint density at radius 3 is 2.33 bits per heavy atom. The van der Waals surface area contributed by atoms with Crippen LogP contribution in [0.2, 0.25) is 0 Å². The summed E-state index contributed by atoms with van der Waals surface area (Å²) in [6.07, 6.45) is 2.21. The zero-order valence-corrected chi connectivity index (χ0v) is 11.0. The van der Waals surface area contributed by atoms with Gasteiger partial charge in [-0.25, -0.2) is 8.42 Å². The highest BCUT2D eigenvalue weighted by molar-refractivity contribution is 7.90. The van der Waals surface area contributed by atoms with Crippen molar-refractivity contribution in [3.63, 3.8) is 0 Å². The predicted octanol–water partition coefficient (Wildman–Crippen LogP) is 0.826. The molecule has 0 fully saturated rings. The third-order valence-electron chi connectivity index (χ3n) is 2.27. The number of hydrogen-bond acceptors (Lipinski definition) is 4. The summed E-state index contributed by atoms with van der Waals surface area (Å²) >= 11 is 0. The fourth-order valence-electron chi connectivity index (χ4n) is 0.884. The molecule has 4 nitrogen and oxygen atoms in total. The molecular formula is C10H23NO3S. The summed E-state index contributed by atoms with van der Waals surface area (Å²) in [4.78, 5) is 0. The first-order valence-electron chi connectivity index (χ1n) is 5.29. The van der Waals surface area contributed by atoms with E-state index in [1.165, 1.54) is 6.26 Å². The molecule has 1 N–H and O–H groups in total. The van der Waals surface area contributed by atoms with E-state index < -0.39 is 9.84 Å². The molecule has 92 valence electrons. The average Bonchev–Trinajstić information content (AvgIpc) is 2.09. The predicted molar refractivity (Wildman–Crippen MR) is 62.9 cm³/mol. The molecule has 0 amide bonds. The van der Waals surface area contributed by atoms with E-state index >= 15 is 0 Å². The molecule has 15 heavy (non-hydrogen) atoms. The molecule has 0 aromatic rings. The summed E-state index contributed by atoms with van der Waals surface area (Å²) in [6.45, 7) is 7.97. The molecule has 0 radical (unpaired) electrons. The van der Waals surface area contributed by atoms with Crippen LogP contribution in [0.4, 0.5) is 0 Å². The molecule has 0 unspecified atom stereocenters. The third kappa shape index (κ3) is 10.2. The number of nitrogens with one attached hydrogen (secondary N) is 1. The van der Waals surface area contributed by atoms with Crippen molar-refractivity contribution < 1.29 is 13.2 Å². The summed E-state index contributed by atoms with van der Waals surface area (Å²) in [5.74, 6) is 0.185. The normalized spacial score (nSPS) is 13.1. The lowest BCUT2D eigenvalue weighted by Crippen LogP contribution is -2.30. The molecule has 0 aromatic carbocycles. The van der Waals surface area contributed by atoms with Crippen molar-refractivity contribution in [2.45, 2.75) is 32.8 Å². The second kappa shape index (κ2) is 6.45. The minimum Gasteiger partial charge on any atom is -0.374 e. The Balaban J connectivity index is 3.41. The van der Waals surface area contributed by atoms with Gasteiger partial charge >= 0.3 is 0 Å². The number of ether oxygens (including phenoxy) is 1. The van der Waals surface area contributed by atoms with E-state index in [1.807, 2.05) is 13.8 Å². The molecule has 0 saturated heterocycles. The van der Waals surface area contributed by atoms with Gasteiger partial charge in [-0.2, -0.15) is 0 Å². The Morgan fingerprint density at radius 1 is 1.27 bits per heavy atom. The fourth-order valence-corrected chi connectivity index (χ4v) is 1.40. The number of hydrogen-bond donors (Lipinski definition) is 1. The van der Waals surface area contributed by atoms with Crippen molar-refractivity contribution in [2.75, 3.05) is 31.7 Å². The maximum absolute atomic E-state index is 10.8. The third-order valence-corrected chi connectivity index (χ3v) is 3.22. The molecule has 0 saturated carbocycles. The van der Waals surface area contributed by atoms with Crippen molar-refractivity contribution in [1.82, 2.24) is 5.32 Å². The van der Waals surface area contributed by atoms with Crippen LogP contribution in [-0.4, -0.2) is 45.7 Å². The van der Waals surface area contributed by atoms with Crippen LogP contribution in [0, 0.1) is 0 Å². The molecule has 0 bridgehead atoms. The zero-order valence-electron chi connectivity index (χ0n) is 10.2. The van der Waals surface area contributed by atoms with Gasteiger partial charge in [0.05, 0.1) is 18.0 Å². The van der Waals surface area contributed by atoms with Gasteiger partial charge in [0.2, 0.25) is 0 Å². The van der Waals surface area contributed by atoms with Gasteiger partial charge in [-0.1, -0.05) is 6.92 Å². The molecule has 0 aliphatic rings. The largest absolute Gasteiger partial charge is 0.374 e. The van der Waals surface area contributed by atoms with Crippen LogP contribution in [0.1, 0.15) is 27.2 Å². The smallest absolute Gasteiger partial charge is 0.148 e. The van der Waals surface area contributed by atoms with Crippen LogP contribution in [-0.2, 0) is 14.6 Å². The van der Waals surface area contributed by atoms with E-state index in [-0.39, 0.29) is 11.4 Å². The zero-order chi connectivity index (χ0) is 11.9. The summed E-state index contributed by atoms with van der Waals surface area (Å²) in [7, 11) is -2.85. The summed E-state index contributed by atoms with van der Waals surface area (Å²) in [5.41, 5.74) is -0.0848. The molecule has 5 heteroatoms. The van der Waals surface area contributed by atoms with Gasteiger partial charge in [0.15, 0.2) is 0 Å². The van der Waals surface area contributed by atoms with E-state index in [4.69, 9.17) is 4.74 Å². The number of rotatable bonds is 8. The van der Waals surface area contributed by atoms with E-state index in [2.05, 4.69) is 12.2 Å². The second-order valence-electron chi connectivity index (χ2n) is 4.34. The highest BCUT2D eigenvalue weighted by Crippen LogP contribution is 2.12. The van der Waals surface area contributed by atoms with Crippen molar-refractivity contribution in [2.24, 2.45) is 0 Å². The van der Waals surface area contributed by atoms with E-state index in [1.54, 1.807) is 0 Å². The Kier molecular flexibility index (Phi) is 6.40. The lowest BCUT2D eigenvalue weighted by atomic mass is 10.1. The summed E-state index contributed by atoms with van der Waals surface area (Å²) < 4.78 is 27.2. The lowest BCUT2D eigenvalue weighted by Gasteiger charge is -2.23. The van der Waals surface area contributed by atoms with Crippen LogP contribution in [0.25, 0.3) is 0 Å². The molecule has 0 aliphatic carbocycles. The molecule has 0 aromatic heterocycles. The van der Waals surface area contributed by atoms with Crippen LogP contribution >= 0.6 is 0 Å². The van der Waals surface area contributed by atoms with Crippen LogP contribution in [0.5, 0.6) is 0 Å². The average molecular weight is 237 g/mol. The quantitative estimate of drug-likeness (QED) is 0.635. The van der Waals surface area contributed by atoms with Gasteiger partial charge in [0.1, 0.15) is 9.84 Å². The standard InChI is InChI=1S/C10H23NO3S/c1-5-10(2,3)14-8-6-11-7-9-15(4,12)13/h11H,5-9H2,1-4H3. The van der Waals surface area contributed by atoms with E-state index in [9.17, 15) is 8.42 Å². The van der Waals surface area contributed by atoms with Gasteiger partial charge in [0.25, 0.3) is 0 Å². The van der Waals surface area contributed by atoms with Crippen LogP contribution < -0.4 is 5.32 Å². The van der Waals surface area contributed by atoms with Gasteiger partial charge < -0.3 is 10.1 Å². The number of sulfone groups is 1. The van der Waals surface area contributed by atoms with Gasteiger partial charge in [-0.15, -0.1) is 0 Å². The second-order valence-corrected chi connectivity index (χ2v) is 6.60. The Hall–Kier alpha value is -0.130. The van der Waals surface area contributed by atoms with Gasteiger partial charge in [-0.05, 0) is 20.3 Å². The highest BCUT2D eigenvalue weighted by atomic mass is 32.2. The minimum atomic E-state index is -2.85. The Bertz CT molecular complexity index is 260. The first kappa shape index (κ1) is 14.9. The van der Waals surface area contributed by atoms with E-state index in [0.29, 0.717) is 19.7 Å². The van der Waals surface area contributed by atoms with Crippen LogP contribution in [0.15, 0.2) is 0 Å². The van der Waals surface area contributed by atoms with Crippen molar-refractivity contribution in [3.05, 3.63) is 0 Å². The molecule has 0 spiro atoms. The molecule has 0 aliphatic heterocycles. The Morgan fingerprint density at radius 2 is 1.87 bits per heavy atom. The SMILES string of the molecule is CCC(C)(C)OCCNCCS(C)(=O)=O. The molecular weight excluding hydrogens is 214 g/mol. The molecule has 0 rings (SSSR count). The van der Waals surface area contributed by atoms with Gasteiger partial charge in [-0.3, -0.25) is 0 Å². The topological polar surface area (TPSA) is 55.4 Å². The van der Waals surface area contributed by atoms with E-state index in [0.717, 1.165) is 6.42 Å². The van der Waals surface area contributed by atoms with Crippen molar-refractivity contribution in [3.8, 4) is 0 Å². The Labute approximate surface area is 93.3 Å². The molecule has 0 heterocycles. The summed E-state index contributed by atoms with van der Waals surface area (Å²) in [6, 6.07) is 0. The first-order valence-corrected chi connectivity index (χ1v) is 7.35. The fraction of sp³-hybridized carbons (Fsp3) is 1.00. The van der Waals surface area contributed by atoms with Crippen molar-refractivity contribution in [1.29, 1.82) is 0 Å². The highest BCUT2D eigenvalue weighted by Gasteiger charge is 2.14. The lowest BCUT2D eigenvalue weighted by molar-refractivity contribution is -0.0178. The maximum atomic E-state index is 10.8. The monoisotopic (exact) mass is 237 g/mol. The summed E-state index contributed by atoms with van der Waals surface area (Å²) in [5, 5.41) is 3.03. The maximum Gasteiger partial charge on any atom is 0.148 e. The minimum absolute atomic E-state index is 0.0848. The van der Waals surface area contributed by atoms with Crippen LogP contribution in [0.3, 0.4) is 0 Å². The van der Waals surface area contributed by atoms with Crippen molar-refractivity contribution >= 4 is 9.84 Å². The molecule has 0 atom stereocenters. The van der Waals surface area contributed by atoms with Gasteiger partial charge in [0, 0.05) is 19.3 Å². The first-order chi connectivity index (χ1) is 6.77.